The molecule has 3 fully saturated rings. The Hall–Kier alpha value is -3.49. The van der Waals surface area contributed by atoms with Crippen molar-refractivity contribution < 1.29 is 19.0 Å². The molecule has 2 atom stereocenters. The van der Waals surface area contributed by atoms with E-state index in [1.54, 1.807) is 18.2 Å². The summed E-state index contributed by atoms with van der Waals surface area (Å²) < 4.78 is 28.8. The SMILES string of the molecule is CCc1cccc2cc(O)cc(-c3ccc4c(N5CCOCC5)nc(OCC56CCCC5N(C)CCC6)nc4c3F)c12. The van der Waals surface area contributed by atoms with Crippen molar-refractivity contribution in [3.63, 3.8) is 0 Å². The van der Waals surface area contributed by atoms with Crippen molar-refractivity contribution in [2.24, 2.45) is 5.41 Å². The molecular weight excluding hydrogens is 531 g/mol. The van der Waals surface area contributed by atoms with Crippen molar-refractivity contribution in [2.75, 3.05) is 51.4 Å². The maximum atomic E-state index is 16.8. The van der Waals surface area contributed by atoms with Gasteiger partial charge in [0.15, 0.2) is 5.82 Å². The van der Waals surface area contributed by atoms with Gasteiger partial charge in [0, 0.05) is 35.5 Å². The Morgan fingerprint density at radius 2 is 1.88 bits per heavy atom. The molecule has 3 aliphatic rings. The summed E-state index contributed by atoms with van der Waals surface area (Å²) in [6.45, 7) is 6.27. The molecule has 2 saturated heterocycles. The maximum Gasteiger partial charge on any atom is 0.319 e. The Morgan fingerprint density at radius 1 is 1.05 bits per heavy atom. The normalized spacial score (nSPS) is 23.0. The first-order valence-electron chi connectivity index (χ1n) is 15.4. The molecule has 1 aromatic heterocycles. The highest BCUT2D eigenvalue weighted by atomic mass is 19.1. The molecule has 2 unspecified atom stereocenters. The topological polar surface area (TPSA) is 71.0 Å². The number of anilines is 1. The zero-order valence-electron chi connectivity index (χ0n) is 24.5. The maximum absolute atomic E-state index is 16.8. The van der Waals surface area contributed by atoms with Gasteiger partial charge < -0.3 is 24.4 Å². The van der Waals surface area contributed by atoms with E-state index in [0.717, 1.165) is 48.6 Å². The molecule has 0 spiro atoms. The van der Waals surface area contributed by atoms with Crippen molar-refractivity contribution in [3.8, 4) is 22.9 Å². The van der Waals surface area contributed by atoms with Crippen LogP contribution in [0.1, 0.15) is 44.6 Å². The molecule has 42 heavy (non-hydrogen) atoms. The minimum Gasteiger partial charge on any atom is -0.508 e. The number of fused-ring (bicyclic) bond motifs is 3. The third-order valence-electron chi connectivity index (χ3n) is 9.86. The van der Waals surface area contributed by atoms with Crippen LogP contribution in [-0.2, 0) is 11.2 Å². The lowest BCUT2D eigenvalue weighted by Gasteiger charge is -2.44. The van der Waals surface area contributed by atoms with Crippen molar-refractivity contribution in [1.29, 1.82) is 0 Å². The number of ether oxygens (including phenoxy) is 2. The molecule has 0 radical (unpaired) electrons. The second-order valence-electron chi connectivity index (χ2n) is 12.3. The third-order valence-corrected chi connectivity index (χ3v) is 9.86. The zero-order valence-corrected chi connectivity index (χ0v) is 24.5. The highest BCUT2D eigenvalue weighted by Crippen LogP contribution is 2.47. The average molecular weight is 571 g/mol. The number of piperidine rings is 1. The minimum absolute atomic E-state index is 0.0852. The molecule has 0 bridgehead atoms. The summed E-state index contributed by atoms with van der Waals surface area (Å²) in [7, 11) is 2.22. The Kier molecular flexibility index (Phi) is 7.14. The molecule has 1 saturated carbocycles. The number of aromatic hydroxyl groups is 1. The molecule has 1 aliphatic carbocycles. The van der Waals surface area contributed by atoms with Gasteiger partial charge in [-0.3, -0.25) is 0 Å². The van der Waals surface area contributed by atoms with Crippen LogP contribution in [0.15, 0.2) is 42.5 Å². The largest absolute Gasteiger partial charge is 0.508 e. The number of rotatable bonds is 6. The number of benzene rings is 3. The van der Waals surface area contributed by atoms with Gasteiger partial charge >= 0.3 is 6.01 Å². The number of phenolic OH excluding ortho intramolecular Hbond substituents is 1. The number of aryl methyl sites for hydroxylation is 1. The van der Waals surface area contributed by atoms with Crippen LogP contribution in [0.5, 0.6) is 11.8 Å². The number of aromatic nitrogens is 2. The second-order valence-corrected chi connectivity index (χ2v) is 12.3. The van der Waals surface area contributed by atoms with Gasteiger partial charge in [-0.2, -0.15) is 9.97 Å². The summed E-state index contributed by atoms with van der Waals surface area (Å²) in [5.41, 5.74) is 2.50. The Labute approximate surface area is 246 Å². The van der Waals surface area contributed by atoms with Crippen LogP contribution in [0.2, 0.25) is 0 Å². The smallest absolute Gasteiger partial charge is 0.319 e. The van der Waals surface area contributed by atoms with E-state index in [1.165, 1.54) is 12.8 Å². The molecule has 2 aliphatic heterocycles. The summed E-state index contributed by atoms with van der Waals surface area (Å²) in [6.07, 6.45) is 6.61. The predicted octanol–water partition coefficient (Wildman–Crippen LogP) is 6.34. The van der Waals surface area contributed by atoms with Crippen LogP contribution < -0.4 is 9.64 Å². The van der Waals surface area contributed by atoms with E-state index in [0.29, 0.717) is 61.3 Å². The minimum atomic E-state index is -0.429. The highest BCUT2D eigenvalue weighted by molar-refractivity contribution is 6.03. The van der Waals surface area contributed by atoms with Gasteiger partial charge in [-0.05, 0) is 85.8 Å². The molecule has 4 aromatic rings. The van der Waals surface area contributed by atoms with Gasteiger partial charge in [-0.1, -0.05) is 37.6 Å². The van der Waals surface area contributed by atoms with Crippen LogP contribution >= 0.6 is 0 Å². The van der Waals surface area contributed by atoms with Crippen LogP contribution in [-0.4, -0.2) is 72.5 Å². The fourth-order valence-corrected chi connectivity index (χ4v) is 7.80. The Morgan fingerprint density at radius 3 is 2.71 bits per heavy atom. The summed E-state index contributed by atoms with van der Waals surface area (Å²) in [5.74, 6) is 0.357. The monoisotopic (exact) mass is 570 g/mol. The quantitative estimate of drug-likeness (QED) is 0.290. The summed E-state index contributed by atoms with van der Waals surface area (Å²) in [5, 5.41) is 13.1. The second kappa shape index (κ2) is 11.0. The lowest BCUT2D eigenvalue weighted by atomic mass is 9.76. The molecule has 7 nitrogen and oxygen atoms in total. The average Bonchev–Trinajstić information content (AvgIpc) is 3.45. The summed E-state index contributed by atoms with van der Waals surface area (Å²) >= 11 is 0. The van der Waals surface area contributed by atoms with Crippen LogP contribution in [0.4, 0.5) is 10.2 Å². The summed E-state index contributed by atoms with van der Waals surface area (Å²) in [4.78, 5) is 14.2. The molecule has 1 N–H and O–H groups in total. The standard InChI is InChI=1S/C34H39FN4O3/c1-3-22-7-4-8-23-19-24(40)20-27(29(22)23)25-10-11-26-31(30(25)35)36-33(37-32(26)39-15-17-41-18-16-39)42-21-34-12-5-9-28(34)38(2)14-6-13-34/h4,7-8,10-11,19-20,28,40H,3,5-6,9,12-18,21H2,1-2H3. The number of morpholine rings is 1. The van der Waals surface area contributed by atoms with Crippen LogP contribution in [0, 0.1) is 11.2 Å². The van der Waals surface area contributed by atoms with Crippen LogP contribution in [0.25, 0.3) is 32.8 Å². The van der Waals surface area contributed by atoms with E-state index in [-0.39, 0.29) is 22.7 Å². The first-order chi connectivity index (χ1) is 20.5. The van der Waals surface area contributed by atoms with E-state index in [2.05, 4.69) is 29.8 Å². The van der Waals surface area contributed by atoms with Crippen LogP contribution in [0.3, 0.4) is 0 Å². The number of halogens is 1. The number of hydrogen-bond acceptors (Lipinski definition) is 7. The molecule has 3 aromatic carbocycles. The number of hydrogen-bond donors (Lipinski definition) is 1. The zero-order chi connectivity index (χ0) is 28.8. The van der Waals surface area contributed by atoms with Gasteiger partial charge in [0.2, 0.25) is 0 Å². The van der Waals surface area contributed by atoms with E-state index >= 15 is 4.39 Å². The van der Waals surface area contributed by atoms with Crippen molar-refractivity contribution >= 4 is 27.5 Å². The Bertz CT molecular complexity index is 1640. The predicted molar refractivity (Wildman–Crippen MR) is 164 cm³/mol. The van der Waals surface area contributed by atoms with Gasteiger partial charge in [-0.15, -0.1) is 0 Å². The number of nitrogens with zero attached hydrogens (tertiary/aromatic N) is 4. The van der Waals surface area contributed by atoms with E-state index in [1.807, 2.05) is 18.2 Å². The molecular formula is C34H39FN4O3. The lowest BCUT2D eigenvalue weighted by molar-refractivity contribution is 0.0133. The fraction of sp³-hybridized carbons (Fsp3) is 0.471. The van der Waals surface area contributed by atoms with Gasteiger partial charge in [-0.25, -0.2) is 4.39 Å². The number of likely N-dealkylation sites (tertiary alicyclic amines) is 1. The van der Waals surface area contributed by atoms with Crippen molar-refractivity contribution in [3.05, 3.63) is 53.8 Å². The van der Waals surface area contributed by atoms with E-state index in [9.17, 15) is 5.11 Å². The molecule has 7 rings (SSSR count). The first kappa shape index (κ1) is 27.3. The Balaban J connectivity index is 1.35. The number of phenols is 1. The molecule has 3 heterocycles. The molecule has 8 heteroatoms. The molecule has 220 valence electrons. The fourth-order valence-electron chi connectivity index (χ4n) is 7.80. The van der Waals surface area contributed by atoms with Gasteiger partial charge in [0.05, 0.1) is 19.8 Å². The third kappa shape index (κ3) is 4.65. The van der Waals surface area contributed by atoms with Crippen molar-refractivity contribution in [2.45, 2.75) is 51.5 Å². The van der Waals surface area contributed by atoms with Gasteiger partial charge in [0.1, 0.15) is 17.1 Å². The lowest BCUT2D eigenvalue weighted by Crippen LogP contribution is -2.50. The van der Waals surface area contributed by atoms with Gasteiger partial charge in [0.25, 0.3) is 0 Å². The first-order valence-corrected chi connectivity index (χ1v) is 15.4. The van der Waals surface area contributed by atoms with Crippen molar-refractivity contribution in [1.82, 2.24) is 14.9 Å². The van der Waals surface area contributed by atoms with E-state index in [4.69, 9.17) is 19.4 Å². The van der Waals surface area contributed by atoms with E-state index < -0.39 is 5.82 Å². The molecule has 0 amide bonds. The highest BCUT2D eigenvalue weighted by Gasteiger charge is 2.47. The summed E-state index contributed by atoms with van der Waals surface area (Å²) in [6, 6.07) is 13.8.